The number of nitrogens with zero attached hydrogens (tertiary/aromatic N) is 2. The van der Waals surface area contributed by atoms with Crippen LogP contribution in [0.1, 0.15) is 46.0 Å². The van der Waals surface area contributed by atoms with Crippen molar-refractivity contribution in [3.05, 3.63) is 0 Å². The maximum Gasteiger partial charge on any atom is 0.350 e. The first-order valence-corrected chi connectivity index (χ1v) is 10.1. The second-order valence-electron chi connectivity index (χ2n) is 6.49. The molecule has 0 aliphatic heterocycles. The fraction of sp³-hybridized carbons (Fsp3) is 0.789. The molecule has 0 fully saturated rings. The van der Waals surface area contributed by atoms with E-state index in [1.54, 1.807) is 13.8 Å². The molecule has 0 aromatic heterocycles. The number of halogens is 1. The Kier molecular flexibility index (Phi) is 16.2. The molecule has 0 saturated carbocycles. The fourth-order valence-electron chi connectivity index (χ4n) is 2.70. The summed E-state index contributed by atoms with van der Waals surface area (Å²) in [6.07, 6.45) is 0.658. The average molecular weight is 436 g/mol. The van der Waals surface area contributed by atoms with Gasteiger partial charge in [0.15, 0.2) is 0 Å². The summed E-state index contributed by atoms with van der Waals surface area (Å²) in [6, 6.07) is 0. The lowest BCUT2D eigenvalue weighted by atomic mass is 10.2. The zero-order valence-electron chi connectivity index (χ0n) is 17.8. The molecule has 10 nitrogen and oxygen atoms in total. The SMILES string of the molecule is CCOC(=O)CCN(CCCN(CCC(=O)OF)CCC(=O)OCC)CCC(=O)O. The molecule has 0 saturated heterocycles. The van der Waals surface area contributed by atoms with Crippen LogP contribution in [0.15, 0.2) is 0 Å². The Morgan fingerprint density at radius 2 is 1.10 bits per heavy atom. The molecule has 0 bridgehead atoms. The van der Waals surface area contributed by atoms with Gasteiger partial charge in [0, 0.05) is 30.7 Å². The molecular formula is C19H33FN2O8. The molecule has 174 valence electrons. The summed E-state index contributed by atoms with van der Waals surface area (Å²) in [6.45, 7) is 6.15. The van der Waals surface area contributed by atoms with Gasteiger partial charge in [-0.15, -0.1) is 0 Å². The third-order valence-corrected chi connectivity index (χ3v) is 4.18. The van der Waals surface area contributed by atoms with Gasteiger partial charge in [0.1, 0.15) is 0 Å². The number of ether oxygens (including phenoxy) is 2. The zero-order valence-corrected chi connectivity index (χ0v) is 17.8. The van der Waals surface area contributed by atoms with E-state index in [0.29, 0.717) is 32.6 Å². The molecule has 0 rings (SSSR count). The van der Waals surface area contributed by atoms with Crippen molar-refractivity contribution in [2.24, 2.45) is 0 Å². The lowest BCUT2D eigenvalue weighted by molar-refractivity contribution is -0.184. The number of aliphatic carboxylic acids is 1. The van der Waals surface area contributed by atoms with Gasteiger partial charge in [-0.3, -0.25) is 19.3 Å². The molecule has 1 N–H and O–H groups in total. The number of carboxylic acids is 1. The van der Waals surface area contributed by atoms with Crippen molar-refractivity contribution in [1.29, 1.82) is 0 Å². The lowest BCUT2D eigenvalue weighted by Crippen LogP contribution is -2.35. The van der Waals surface area contributed by atoms with Gasteiger partial charge in [0.25, 0.3) is 0 Å². The van der Waals surface area contributed by atoms with Gasteiger partial charge in [-0.2, -0.15) is 0 Å². The second-order valence-corrected chi connectivity index (χ2v) is 6.49. The lowest BCUT2D eigenvalue weighted by Gasteiger charge is -2.25. The number of carbonyl (C=O) groups excluding carboxylic acids is 3. The van der Waals surface area contributed by atoms with Gasteiger partial charge in [0.05, 0.1) is 38.9 Å². The van der Waals surface area contributed by atoms with Crippen LogP contribution in [0, 0.1) is 0 Å². The molecule has 0 amide bonds. The highest BCUT2D eigenvalue weighted by Crippen LogP contribution is 2.03. The number of hydrogen-bond donors (Lipinski definition) is 1. The molecule has 30 heavy (non-hydrogen) atoms. The van der Waals surface area contributed by atoms with E-state index >= 15 is 0 Å². The third-order valence-electron chi connectivity index (χ3n) is 4.18. The highest BCUT2D eigenvalue weighted by molar-refractivity contribution is 5.70. The monoisotopic (exact) mass is 436 g/mol. The van der Waals surface area contributed by atoms with E-state index in [4.69, 9.17) is 14.6 Å². The maximum atomic E-state index is 11.9. The third kappa shape index (κ3) is 15.6. The fourth-order valence-corrected chi connectivity index (χ4v) is 2.70. The standard InChI is InChI=1S/C19H33FN2O8/c1-3-28-17(25)7-13-21(12-6-16(23)24)10-5-11-22(15-9-19(27)30-20)14-8-18(26)29-4-2/h3-15H2,1-2H3,(H,23,24). The Morgan fingerprint density at radius 3 is 1.47 bits per heavy atom. The number of hydrogen-bond acceptors (Lipinski definition) is 9. The van der Waals surface area contributed by atoms with Crippen LogP contribution in [0.3, 0.4) is 0 Å². The molecule has 0 aromatic carbocycles. The Labute approximate surface area is 176 Å². The summed E-state index contributed by atoms with van der Waals surface area (Å²) < 4.78 is 21.7. The van der Waals surface area contributed by atoms with E-state index in [1.807, 2.05) is 9.80 Å². The van der Waals surface area contributed by atoms with Crippen LogP contribution in [-0.4, -0.2) is 91.3 Å². The van der Waals surface area contributed by atoms with Crippen molar-refractivity contribution in [3.63, 3.8) is 0 Å². The van der Waals surface area contributed by atoms with Crippen LogP contribution in [-0.2, 0) is 33.6 Å². The minimum atomic E-state index is -0.992. The van der Waals surface area contributed by atoms with Crippen molar-refractivity contribution in [3.8, 4) is 0 Å². The van der Waals surface area contributed by atoms with E-state index in [-0.39, 0.29) is 63.9 Å². The quantitative estimate of drug-likeness (QED) is 0.313. The highest BCUT2D eigenvalue weighted by Gasteiger charge is 2.15. The van der Waals surface area contributed by atoms with Crippen LogP contribution in [0.25, 0.3) is 0 Å². The minimum absolute atomic E-state index is 0.0578. The highest BCUT2D eigenvalue weighted by atomic mass is 19.3. The first-order chi connectivity index (χ1) is 14.3. The first-order valence-electron chi connectivity index (χ1n) is 10.1. The van der Waals surface area contributed by atoms with E-state index in [1.165, 1.54) is 0 Å². The Balaban J connectivity index is 4.63. The molecule has 0 atom stereocenters. The Hall–Kier alpha value is -2.27. The summed E-state index contributed by atoms with van der Waals surface area (Å²) in [4.78, 5) is 51.9. The van der Waals surface area contributed by atoms with E-state index in [0.717, 1.165) is 0 Å². The van der Waals surface area contributed by atoms with Gasteiger partial charge in [-0.25, -0.2) is 4.79 Å². The Bertz CT molecular complexity index is 533. The molecule has 0 spiro atoms. The number of esters is 2. The maximum absolute atomic E-state index is 11.9. The van der Waals surface area contributed by atoms with Crippen molar-refractivity contribution >= 4 is 23.9 Å². The van der Waals surface area contributed by atoms with Crippen LogP contribution < -0.4 is 0 Å². The molecular weight excluding hydrogens is 403 g/mol. The largest absolute Gasteiger partial charge is 0.481 e. The summed E-state index contributed by atoms with van der Waals surface area (Å²) in [5.41, 5.74) is 0. The normalized spacial score (nSPS) is 10.8. The average Bonchev–Trinajstić information content (AvgIpc) is 2.70. The second kappa shape index (κ2) is 17.6. The molecule has 11 heteroatoms. The zero-order chi connectivity index (χ0) is 22.8. The summed E-state index contributed by atoms with van der Waals surface area (Å²) in [7, 11) is 0. The molecule has 0 radical (unpaired) electrons. The number of carbonyl (C=O) groups is 4. The van der Waals surface area contributed by atoms with Gasteiger partial charge in [0.2, 0.25) is 0 Å². The topological polar surface area (TPSA) is 123 Å². The predicted octanol–water partition coefficient (Wildman–Crippen LogP) is 1.18. The molecule has 0 aliphatic rings. The van der Waals surface area contributed by atoms with Gasteiger partial charge in [-0.05, 0) is 33.4 Å². The predicted molar refractivity (Wildman–Crippen MR) is 104 cm³/mol. The van der Waals surface area contributed by atoms with Crippen LogP contribution in [0.5, 0.6) is 0 Å². The Morgan fingerprint density at radius 1 is 0.700 bits per heavy atom. The van der Waals surface area contributed by atoms with Crippen molar-refractivity contribution < 1.29 is 43.2 Å². The molecule has 0 aliphatic carbocycles. The van der Waals surface area contributed by atoms with E-state index in [9.17, 15) is 23.7 Å². The molecule has 0 unspecified atom stereocenters. The van der Waals surface area contributed by atoms with Crippen LogP contribution in [0.2, 0.25) is 0 Å². The molecule has 0 heterocycles. The number of rotatable bonds is 18. The van der Waals surface area contributed by atoms with Crippen molar-refractivity contribution in [2.45, 2.75) is 46.0 Å². The summed E-state index contributed by atoms with van der Waals surface area (Å²) >= 11 is 0. The van der Waals surface area contributed by atoms with E-state index < -0.39 is 11.9 Å². The number of carboxylic acid groups (broad SMARTS) is 1. The van der Waals surface area contributed by atoms with Crippen molar-refractivity contribution in [1.82, 2.24) is 9.80 Å². The first kappa shape index (κ1) is 27.7. The van der Waals surface area contributed by atoms with Gasteiger partial charge >= 0.3 is 23.9 Å². The van der Waals surface area contributed by atoms with Crippen LogP contribution >= 0.6 is 0 Å². The minimum Gasteiger partial charge on any atom is -0.481 e. The molecule has 0 aromatic rings. The summed E-state index contributed by atoms with van der Waals surface area (Å²) in [5.74, 6) is -2.64. The van der Waals surface area contributed by atoms with Crippen molar-refractivity contribution in [2.75, 3.05) is 52.5 Å². The summed E-state index contributed by atoms with van der Waals surface area (Å²) in [5, 5.41) is 8.90. The van der Waals surface area contributed by atoms with E-state index in [2.05, 4.69) is 4.94 Å². The smallest absolute Gasteiger partial charge is 0.350 e. The van der Waals surface area contributed by atoms with Crippen LogP contribution in [0.4, 0.5) is 4.53 Å². The van der Waals surface area contributed by atoms with Gasteiger partial charge < -0.3 is 24.4 Å². The van der Waals surface area contributed by atoms with Gasteiger partial charge in [-0.1, -0.05) is 0 Å².